The maximum absolute atomic E-state index is 13.8. The van der Waals surface area contributed by atoms with Crippen molar-refractivity contribution >= 4 is 39.7 Å². The molecule has 0 radical (unpaired) electrons. The number of anilines is 1. The zero-order valence-corrected chi connectivity index (χ0v) is 21.7. The highest BCUT2D eigenvalue weighted by Gasteiger charge is 2.39. The molecule has 0 fully saturated rings. The minimum atomic E-state index is -4.48. The van der Waals surface area contributed by atoms with Crippen LogP contribution in [-0.2, 0) is 43.3 Å². The van der Waals surface area contributed by atoms with E-state index in [0.29, 0.717) is 40.5 Å². The van der Waals surface area contributed by atoms with Gasteiger partial charge >= 0.3 is 18.2 Å². The lowest BCUT2D eigenvalue weighted by Gasteiger charge is -2.30. The molecule has 35 heavy (non-hydrogen) atoms. The molecule has 1 aliphatic carbocycles. The molecule has 1 aliphatic heterocycles. The quantitative estimate of drug-likeness (QED) is 0.452. The lowest BCUT2D eigenvalue weighted by Crippen LogP contribution is -2.36. The molecular formula is C24H30F3N3O3S2. The molecule has 2 aromatic rings. The van der Waals surface area contributed by atoms with Gasteiger partial charge in [-0.3, -0.25) is 10.2 Å². The first-order valence-corrected chi connectivity index (χ1v) is 13.5. The van der Waals surface area contributed by atoms with Crippen LogP contribution >= 0.6 is 22.7 Å². The van der Waals surface area contributed by atoms with Crippen molar-refractivity contribution in [1.29, 1.82) is 0 Å². The van der Waals surface area contributed by atoms with Gasteiger partial charge in [0.2, 0.25) is 0 Å². The molecule has 192 valence electrons. The number of urea groups is 1. The second-order valence-electron chi connectivity index (χ2n) is 9.07. The molecule has 2 N–H and O–H groups in total. The number of nitrogens with zero attached hydrogens (tertiary/aromatic N) is 1. The summed E-state index contributed by atoms with van der Waals surface area (Å²) in [5.74, 6) is -0.483. The summed E-state index contributed by atoms with van der Waals surface area (Å²) in [6, 6.07) is -0.390. The number of fused-ring (bicyclic) bond motifs is 2. The summed E-state index contributed by atoms with van der Waals surface area (Å²) in [5.41, 5.74) is 2.13. The highest BCUT2D eigenvalue weighted by Crippen LogP contribution is 2.43. The number of rotatable bonds is 6. The van der Waals surface area contributed by atoms with E-state index in [4.69, 9.17) is 4.74 Å². The minimum Gasteiger partial charge on any atom is -0.462 e. The van der Waals surface area contributed by atoms with E-state index in [9.17, 15) is 22.8 Å². The number of thiophene rings is 2. The predicted octanol–water partition coefficient (Wildman–Crippen LogP) is 5.97. The number of esters is 1. The van der Waals surface area contributed by atoms with Crippen molar-refractivity contribution in [2.45, 2.75) is 78.2 Å². The summed E-state index contributed by atoms with van der Waals surface area (Å²) < 4.78 is 46.7. The van der Waals surface area contributed by atoms with Crippen LogP contribution in [0.1, 0.15) is 75.3 Å². The second kappa shape index (κ2) is 10.5. The number of ether oxygens (including phenoxy) is 1. The average molecular weight is 530 g/mol. The van der Waals surface area contributed by atoms with Crippen molar-refractivity contribution in [3.8, 4) is 0 Å². The number of hydrogen-bond acceptors (Lipinski definition) is 6. The Morgan fingerprint density at radius 2 is 1.83 bits per heavy atom. The van der Waals surface area contributed by atoms with E-state index < -0.39 is 23.1 Å². The Balaban J connectivity index is 1.53. The van der Waals surface area contributed by atoms with Gasteiger partial charge in [0.15, 0.2) is 0 Å². The molecule has 2 aromatic heterocycles. The third-order valence-electron chi connectivity index (χ3n) is 6.49. The van der Waals surface area contributed by atoms with E-state index in [-0.39, 0.29) is 24.8 Å². The molecule has 0 aromatic carbocycles. The van der Waals surface area contributed by atoms with Crippen molar-refractivity contribution in [2.75, 3.05) is 18.5 Å². The van der Waals surface area contributed by atoms with Gasteiger partial charge in [0.25, 0.3) is 0 Å². The lowest BCUT2D eigenvalue weighted by molar-refractivity contribution is -0.135. The number of amides is 2. The number of halogens is 3. The molecule has 0 unspecified atom stereocenters. The molecule has 0 bridgehead atoms. The lowest BCUT2D eigenvalue weighted by atomic mass is 9.95. The van der Waals surface area contributed by atoms with E-state index in [1.165, 1.54) is 11.3 Å². The van der Waals surface area contributed by atoms with Crippen molar-refractivity contribution in [2.24, 2.45) is 0 Å². The van der Waals surface area contributed by atoms with Crippen LogP contribution in [-0.4, -0.2) is 36.1 Å². The third-order valence-corrected chi connectivity index (χ3v) is 9.00. The normalized spacial score (nSPS) is 16.1. The Morgan fingerprint density at radius 3 is 2.51 bits per heavy atom. The van der Waals surface area contributed by atoms with Crippen molar-refractivity contribution in [3.05, 3.63) is 36.9 Å². The van der Waals surface area contributed by atoms with Crippen molar-refractivity contribution in [3.63, 3.8) is 0 Å². The first-order chi connectivity index (χ1) is 16.6. The Morgan fingerprint density at radius 1 is 1.09 bits per heavy atom. The van der Waals surface area contributed by atoms with Gasteiger partial charge in [0, 0.05) is 35.4 Å². The molecule has 3 heterocycles. The molecule has 6 nitrogen and oxygen atoms in total. The van der Waals surface area contributed by atoms with Gasteiger partial charge < -0.3 is 10.1 Å². The smallest absolute Gasteiger partial charge is 0.425 e. The molecule has 0 atom stereocenters. The largest absolute Gasteiger partial charge is 0.462 e. The molecule has 0 saturated heterocycles. The third kappa shape index (κ3) is 5.51. The summed E-state index contributed by atoms with van der Waals surface area (Å²) in [6.07, 6.45) is -0.421. The first-order valence-electron chi connectivity index (χ1n) is 11.9. The molecule has 0 saturated carbocycles. The fourth-order valence-electron chi connectivity index (χ4n) is 4.73. The Kier molecular flexibility index (Phi) is 7.77. The molecule has 2 amide bonds. The topological polar surface area (TPSA) is 70.7 Å². The van der Waals surface area contributed by atoms with Crippen LogP contribution in [0.15, 0.2) is 0 Å². The van der Waals surface area contributed by atoms with Crippen LogP contribution < -0.4 is 10.6 Å². The van der Waals surface area contributed by atoms with E-state index in [2.05, 4.69) is 15.5 Å². The van der Waals surface area contributed by atoms with Crippen molar-refractivity contribution in [1.82, 2.24) is 10.2 Å². The molecule has 0 spiro atoms. The van der Waals surface area contributed by atoms with Crippen LogP contribution in [0.4, 0.5) is 23.0 Å². The van der Waals surface area contributed by atoms with E-state index in [1.807, 2.05) is 13.8 Å². The second-order valence-corrected chi connectivity index (χ2v) is 11.3. The number of carbonyl (C=O) groups excluding carboxylic acids is 2. The number of nitrogens with one attached hydrogen (secondary N) is 2. The minimum absolute atomic E-state index is 0.146. The molecule has 11 heteroatoms. The summed E-state index contributed by atoms with van der Waals surface area (Å²) in [4.78, 5) is 28.6. The van der Waals surface area contributed by atoms with E-state index in [0.717, 1.165) is 47.5 Å². The predicted molar refractivity (Wildman–Crippen MR) is 131 cm³/mol. The van der Waals surface area contributed by atoms with Gasteiger partial charge in [-0.05, 0) is 69.6 Å². The summed E-state index contributed by atoms with van der Waals surface area (Å²) in [6.45, 7) is 6.93. The summed E-state index contributed by atoms with van der Waals surface area (Å²) >= 11 is 2.12. The first kappa shape index (κ1) is 26.0. The standard InChI is InChI=1S/C24H30F3N3O3S2/c1-4-33-22(31)19-15-7-5-6-8-17(15)35-21(19)29-23(32)28-11-16-14-9-10-30(13(2)3)12-18(14)34-20(16)24(25,26)27/h13H,4-12H2,1-3H3,(H2,28,29,32). The Hall–Kier alpha value is -2.11. The van der Waals surface area contributed by atoms with Gasteiger partial charge in [-0.25, -0.2) is 9.59 Å². The summed E-state index contributed by atoms with van der Waals surface area (Å²) in [5, 5.41) is 5.71. The van der Waals surface area contributed by atoms with Crippen LogP contribution in [0.3, 0.4) is 0 Å². The maximum Gasteiger partial charge on any atom is 0.425 e. The highest BCUT2D eigenvalue weighted by molar-refractivity contribution is 7.17. The Labute approximate surface area is 210 Å². The van der Waals surface area contributed by atoms with Crippen LogP contribution in [0.25, 0.3) is 0 Å². The Bertz CT molecular complexity index is 1110. The number of hydrogen-bond donors (Lipinski definition) is 2. The van der Waals surface area contributed by atoms with E-state index >= 15 is 0 Å². The van der Waals surface area contributed by atoms with Gasteiger partial charge in [0.1, 0.15) is 9.88 Å². The SMILES string of the molecule is CCOC(=O)c1c(NC(=O)NCc2c(C(F)(F)F)sc3c2CCN(C(C)C)C3)sc2c1CCCC2. The maximum atomic E-state index is 13.8. The monoisotopic (exact) mass is 529 g/mol. The van der Waals surface area contributed by atoms with Gasteiger partial charge in [-0.1, -0.05) is 0 Å². The van der Waals surface area contributed by atoms with Crippen LogP contribution in [0, 0.1) is 0 Å². The van der Waals surface area contributed by atoms with Crippen LogP contribution in [0.2, 0.25) is 0 Å². The van der Waals surface area contributed by atoms with Crippen molar-refractivity contribution < 1.29 is 27.5 Å². The number of carbonyl (C=O) groups is 2. The molecule has 4 rings (SSSR count). The highest BCUT2D eigenvalue weighted by atomic mass is 32.1. The summed E-state index contributed by atoms with van der Waals surface area (Å²) in [7, 11) is 0. The number of aryl methyl sites for hydroxylation is 1. The van der Waals surface area contributed by atoms with Gasteiger partial charge in [0.05, 0.1) is 12.2 Å². The van der Waals surface area contributed by atoms with E-state index in [1.54, 1.807) is 6.92 Å². The van der Waals surface area contributed by atoms with Gasteiger partial charge in [-0.15, -0.1) is 22.7 Å². The zero-order chi connectivity index (χ0) is 25.3. The molecule has 2 aliphatic rings. The zero-order valence-electron chi connectivity index (χ0n) is 20.1. The fraction of sp³-hybridized carbons (Fsp3) is 0.583. The number of alkyl halides is 3. The van der Waals surface area contributed by atoms with Crippen LogP contribution in [0.5, 0.6) is 0 Å². The fourth-order valence-corrected chi connectivity index (χ4v) is 7.27. The average Bonchev–Trinajstić information content (AvgIpc) is 3.35. The van der Waals surface area contributed by atoms with Gasteiger partial charge in [-0.2, -0.15) is 13.2 Å². The molecular weight excluding hydrogens is 499 g/mol.